The first kappa shape index (κ1) is 21.9. The Labute approximate surface area is 195 Å². The number of nitrogens with one attached hydrogen (secondary N) is 1. The van der Waals surface area contributed by atoms with Gasteiger partial charge < -0.3 is 4.98 Å². The quantitative estimate of drug-likeness (QED) is 0.466. The van der Waals surface area contributed by atoms with Gasteiger partial charge >= 0.3 is 0 Å². The van der Waals surface area contributed by atoms with Gasteiger partial charge in [-0.1, -0.05) is 41.6 Å². The minimum atomic E-state index is -3.71. The zero-order valence-corrected chi connectivity index (χ0v) is 18.9. The minimum absolute atomic E-state index is 0.103. The topological polar surface area (TPSA) is 138 Å². The van der Waals surface area contributed by atoms with Gasteiger partial charge in [-0.2, -0.15) is 9.57 Å². The maximum absolute atomic E-state index is 13.0. The van der Waals surface area contributed by atoms with Crippen LogP contribution in [0.2, 0.25) is 0 Å². The number of hydrogen-bond acceptors (Lipinski definition) is 7. The summed E-state index contributed by atoms with van der Waals surface area (Å²) in [5.41, 5.74) is 1.54. The highest BCUT2D eigenvalue weighted by atomic mass is 32.2. The minimum Gasteiger partial charge on any atom is -0.308 e. The van der Waals surface area contributed by atoms with Crippen molar-refractivity contribution in [2.45, 2.75) is 30.2 Å². The van der Waals surface area contributed by atoms with Crippen molar-refractivity contribution < 1.29 is 8.42 Å². The van der Waals surface area contributed by atoms with Crippen LogP contribution in [0.5, 0.6) is 0 Å². The number of H-pyrrole nitrogens is 1. The van der Waals surface area contributed by atoms with E-state index in [2.05, 4.69) is 20.3 Å². The summed E-state index contributed by atoms with van der Waals surface area (Å²) in [4.78, 5) is 20.2. The first-order valence-electron chi connectivity index (χ1n) is 10.8. The number of sulfonamides is 1. The predicted molar refractivity (Wildman–Crippen MR) is 123 cm³/mol. The summed E-state index contributed by atoms with van der Waals surface area (Å²) in [6, 6.07) is 17.7. The van der Waals surface area contributed by atoms with Crippen LogP contribution in [-0.4, -0.2) is 50.8 Å². The van der Waals surface area contributed by atoms with Crippen LogP contribution in [0, 0.1) is 11.3 Å². The van der Waals surface area contributed by atoms with Crippen LogP contribution in [0.1, 0.15) is 35.7 Å². The summed E-state index contributed by atoms with van der Waals surface area (Å²) in [5.74, 6) is 0.409. The lowest BCUT2D eigenvalue weighted by Crippen LogP contribution is -2.38. The number of aromatic amines is 1. The summed E-state index contributed by atoms with van der Waals surface area (Å²) >= 11 is 0. The zero-order chi connectivity index (χ0) is 23.7. The maximum Gasteiger partial charge on any atom is 0.281 e. The number of benzene rings is 2. The number of fused-ring (bicyclic) bond motifs is 1. The van der Waals surface area contributed by atoms with E-state index >= 15 is 0 Å². The van der Waals surface area contributed by atoms with Crippen LogP contribution < -0.4 is 5.56 Å². The van der Waals surface area contributed by atoms with Gasteiger partial charge in [0.25, 0.3) is 5.56 Å². The summed E-state index contributed by atoms with van der Waals surface area (Å²) < 4.78 is 29.1. The lowest BCUT2D eigenvalue weighted by Gasteiger charge is -2.30. The molecule has 4 aromatic rings. The van der Waals surface area contributed by atoms with Gasteiger partial charge in [-0.05, 0) is 36.6 Å². The van der Waals surface area contributed by atoms with Gasteiger partial charge in [0.1, 0.15) is 5.82 Å². The van der Waals surface area contributed by atoms with Crippen LogP contribution in [0.15, 0.2) is 64.3 Å². The number of piperidine rings is 1. The second-order valence-corrected chi connectivity index (χ2v) is 10.1. The largest absolute Gasteiger partial charge is 0.308 e. The van der Waals surface area contributed by atoms with Crippen molar-refractivity contribution in [3.63, 3.8) is 0 Å². The van der Waals surface area contributed by atoms with E-state index in [0.29, 0.717) is 36.4 Å². The molecule has 172 valence electrons. The molecule has 0 radical (unpaired) electrons. The van der Waals surface area contributed by atoms with Gasteiger partial charge in [0, 0.05) is 19.0 Å². The molecule has 0 saturated carbocycles. The summed E-state index contributed by atoms with van der Waals surface area (Å²) in [6.07, 6.45) is 1.01. The molecule has 1 N–H and O–H groups in total. The average molecular weight is 476 g/mol. The highest BCUT2D eigenvalue weighted by Crippen LogP contribution is 2.29. The summed E-state index contributed by atoms with van der Waals surface area (Å²) in [7, 11) is -3.71. The monoisotopic (exact) mass is 475 g/mol. The molecule has 0 atom stereocenters. The Bertz CT molecular complexity index is 1550. The number of nitriles is 1. The highest BCUT2D eigenvalue weighted by Gasteiger charge is 2.31. The predicted octanol–water partition coefficient (Wildman–Crippen LogP) is 2.00. The van der Waals surface area contributed by atoms with E-state index in [0.717, 1.165) is 5.56 Å². The Kier molecular flexibility index (Phi) is 5.69. The third-order valence-electron chi connectivity index (χ3n) is 6.01. The molecule has 1 aliphatic heterocycles. The molecule has 1 saturated heterocycles. The van der Waals surface area contributed by atoms with Crippen molar-refractivity contribution >= 4 is 21.2 Å². The van der Waals surface area contributed by atoms with Crippen LogP contribution in [0.25, 0.3) is 11.2 Å². The molecule has 2 aromatic carbocycles. The molecule has 2 aromatic heterocycles. The molecule has 1 aliphatic rings. The Morgan fingerprint density at radius 2 is 1.85 bits per heavy atom. The summed E-state index contributed by atoms with van der Waals surface area (Å²) in [5, 5.41) is 17.2. The van der Waals surface area contributed by atoms with E-state index in [4.69, 9.17) is 5.26 Å². The lowest BCUT2D eigenvalue weighted by molar-refractivity contribution is 0.313. The Morgan fingerprint density at radius 1 is 1.09 bits per heavy atom. The van der Waals surface area contributed by atoms with Crippen molar-refractivity contribution in [1.29, 1.82) is 5.26 Å². The number of aromatic nitrogens is 5. The first-order chi connectivity index (χ1) is 16.5. The van der Waals surface area contributed by atoms with Crippen molar-refractivity contribution in [2.75, 3.05) is 13.1 Å². The highest BCUT2D eigenvalue weighted by molar-refractivity contribution is 7.89. The fourth-order valence-corrected chi connectivity index (χ4v) is 5.70. The number of rotatable bonds is 5. The van der Waals surface area contributed by atoms with E-state index in [9.17, 15) is 13.2 Å². The first-order valence-corrected chi connectivity index (χ1v) is 12.3. The number of nitrogens with zero attached hydrogens (tertiary/aromatic N) is 6. The van der Waals surface area contributed by atoms with Gasteiger partial charge in [0.2, 0.25) is 10.0 Å². The molecule has 0 unspecified atom stereocenters. The standard InChI is InChI=1S/C23H21N7O3S/c24-14-17-7-4-8-19(13-17)34(32,33)29-11-9-18(10-12-29)21-25-22-20(23(31)26-21)27-28-30(22)15-16-5-2-1-3-6-16/h1-8,13,18H,9-12,15H2,(H,25,26,31). The Morgan fingerprint density at radius 3 is 2.59 bits per heavy atom. The van der Waals surface area contributed by atoms with Gasteiger partial charge in [-0.25, -0.2) is 18.1 Å². The van der Waals surface area contributed by atoms with Crippen LogP contribution in [0.4, 0.5) is 0 Å². The molecular weight excluding hydrogens is 454 g/mol. The second kappa shape index (κ2) is 8.81. The van der Waals surface area contributed by atoms with E-state index in [1.165, 1.54) is 16.4 Å². The molecule has 0 bridgehead atoms. The van der Waals surface area contributed by atoms with Gasteiger partial charge in [0.15, 0.2) is 11.2 Å². The van der Waals surface area contributed by atoms with Crippen molar-refractivity contribution in [1.82, 2.24) is 29.3 Å². The van der Waals surface area contributed by atoms with Crippen molar-refractivity contribution in [3.05, 3.63) is 81.9 Å². The smallest absolute Gasteiger partial charge is 0.281 e. The molecule has 5 rings (SSSR count). The van der Waals surface area contributed by atoms with Crippen LogP contribution in [0.3, 0.4) is 0 Å². The number of hydrogen-bond donors (Lipinski definition) is 1. The van der Waals surface area contributed by atoms with Gasteiger partial charge in [-0.3, -0.25) is 4.79 Å². The van der Waals surface area contributed by atoms with E-state index in [1.807, 2.05) is 36.4 Å². The normalized spacial score (nSPS) is 15.4. The Balaban J connectivity index is 1.37. The van der Waals surface area contributed by atoms with Crippen molar-refractivity contribution in [2.24, 2.45) is 0 Å². The molecule has 0 spiro atoms. The average Bonchev–Trinajstić information content (AvgIpc) is 3.28. The van der Waals surface area contributed by atoms with Crippen LogP contribution >= 0.6 is 0 Å². The molecule has 10 nitrogen and oxygen atoms in total. The molecular formula is C23H21N7O3S. The molecule has 0 aliphatic carbocycles. The van der Waals surface area contributed by atoms with E-state index in [1.54, 1.807) is 16.8 Å². The van der Waals surface area contributed by atoms with Gasteiger partial charge in [0.05, 0.1) is 23.1 Å². The maximum atomic E-state index is 13.0. The third kappa shape index (κ3) is 4.09. The van der Waals surface area contributed by atoms with Crippen molar-refractivity contribution in [3.8, 4) is 6.07 Å². The third-order valence-corrected chi connectivity index (χ3v) is 7.90. The van der Waals surface area contributed by atoms with E-state index in [-0.39, 0.29) is 35.0 Å². The zero-order valence-electron chi connectivity index (χ0n) is 18.1. The van der Waals surface area contributed by atoms with Crippen LogP contribution in [-0.2, 0) is 16.6 Å². The molecule has 0 amide bonds. The second-order valence-electron chi connectivity index (χ2n) is 8.17. The Hall–Kier alpha value is -3.88. The summed E-state index contributed by atoms with van der Waals surface area (Å²) in [6.45, 7) is 1.01. The fraction of sp³-hybridized carbons (Fsp3) is 0.261. The molecule has 11 heteroatoms. The molecule has 3 heterocycles. The molecule has 34 heavy (non-hydrogen) atoms. The molecule has 1 fully saturated rings. The van der Waals surface area contributed by atoms with Gasteiger partial charge in [-0.15, -0.1) is 5.10 Å². The fourth-order valence-electron chi connectivity index (χ4n) is 4.18. The van der Waals surface area contributed by atoms with E-state index < -0.39 is 10.0 Å². The SMILES string of the molecule is N#Cc1cccc(S(=O)(=O)N2CCC(c3nc4c(nnn4Cc4ccccc4)c(=O)[nH]3)CC2)c1. The lowest BCUT2D eigenvalue weighted by atomic mass is 9.97.